The van der Waals surface area contributed by atoms with Gasteiger partial charge in [-0.3, -0.25) is 14.9 Å². The summed E-state index contributed by atoms with van der Waals surface area (Å²) in [5.41, 5.74) is 6.42. The Balaban J connectivity index is 1.27. The van der Waals surface area contributed by atoms with Crippen molar-refractivity contribution in [1.29, 1.82) is 0 Å². The highest BCUT2D eigenvalue weighted by molar-refractivity contribution is 5.77. The van der Waals surface area contributed by atoms with Crippen LogP contribution in [0.25, 0.3) is 11.3 Å². The van der Waals surface area contributed by atoms with Crippen molar-refractivity contribution < 1.29 is 24.2 Å². The molecule has 3 heterocycles. The van der Waals surface area contributed by atoms with Gasteiger partial charge in [-0.05, 0) is 61.8 Å². The Hall–Kier alpha value is -3.83. The van der Waals surface area contributed by atoms with Crippen molar-refractivity contribution in [2.24, 2.45) is 5.92 Å². The summed E-state index contributed by atoms with van der Waals surface area (Å²) in [6.45, 7) is 4.69. The Bertz CT molecular complexity index is 1310. The van der Waals surface area contributed by atoms with E-state index in [0.717, 1.165) is 66.3 Å². The molecule has 3 N–H and O–H groups in total. The lowest BCUT2D eigenvalue weighted by Crippen LogP contribution is -2.41. The molecule has 5 rings (SSSR count). The van der Waals surface area contributed by atoms with Crippen molar-refractivity contribution in [3.05, 3.63) is 78.0 Å². The van der Waals surface area contributed by atoms with Gasteiger partial charge in [0.2, 0.25) is 11.9 Å². The first-order valence-corrected chi connectivity index (χ1v) is 13.6. The number of rotatable bonds is 5. The second kappa shape index (κ2) is 14.0. The first kappa shape index (κ1) is 27.7. The molecule has 2 aromatic carbocycles. The molecule has 0 aliphatic carbocycles. The van der Waals surface area contributed by atoms with Gasteiger partial charge in [0, 0.05) is 35.5 Å². The second-order valence-corrected chi connectivity index (χ2v) is 9.86. The molecule has 0 unspecified atom stereocenters. The van der Waals surface area contributed by atoms with E-state index in [9.17, 15) is 4.79 Å². The minimum Gasteiger partial charge on any atom is -0.492 e. The maximum atomic E-state index is 11.7. The number of nitrogens with one attached hydrogen (secondary N) is 2. The van der Waals surface area contributed by atoms with Crippen molar-refractivity contribution >= 4 is 17.5 Å². The highest BCUT2D eigenvalue weighted by atomic mass is 16.5. The van der Waals surface area contributed by atoms with Crippen LogP contribution < -0.4 is 15.5 Å². The average Bonchev–Trinajstić information content (AvgIpc) is 2.99. The maximum absolute atomic E-state index is 11.7. The zero-order valence-corrected chi connectivity index (χ0v) is 22.4. The van der Waals surface area contributed by atoms with Gasteiger partial charge in [0.15, 0.2) is 0 Å². The molecule has 2 aliphatic rings. The first-order chi connectivity index (χ1) is 19.7. The molecule has 6 bridgehead atoms. The Morgan fingerprint density at radius 1 is 1.07 bits per heavy atom. The zero-order chi connectivity index (χ0) is 27.6. The molecule has 3 aromatic rings. The predicted molar refractivity (Wildman–Crippen MR) is 150 cm³/mol. The number of hydroxylamine groups is 1. The highest BCUT2D eigenvalue weighted by Crippen LogP contribution is 2.27. The molecule has 0 saturated carbocycles. The molecule has 2 aliphatic heterocycles. The third-order valence-corrected chi connectivity index (χ3v) is 7.05. The van der Waals surface area contributed by atoms with Crippen molar-refractivity contribution in [1.82, 2.24) is 20.3 Å². The van der Waals surface area contributed by atoms with Crippen LogP contribution in [0.5, 0.6) is 5.75 Å². The van der Waals surface area contributed by atoms with Crippen LogP contribution in [0.2, 0.25) is 0 Å². The summed E-state index contributed by atoms with van der Waals surface area (Å²) in [6.07, 6.45) is 7.11. The largest absolute Gasteiger partial charge is 0.492 e. The fourth-order valence-electron chi connectivity index (χ4n) is 4.85. The molecule has 1 fully saturated rings. The van der Waals surface area contributed by atoms with E-state index in [0.29, 0.717) is 39.0 Å². The van der Waals surface area contributed by atoms with Gasteiger partial charge >= 0.3 is 0 Å². The molecule has 1 amide bonds. The molecule has 0 spiro atoms. The predicted octanol–water partition coefficient (Wildman–Crippen LogP) is 4.09. The van der Waals surface area contributed by atoms with Crippen LogP contribution in [0.15, 0.2) is 66.9 Å². The Labute approximate surface area is 234 Å². The summed E-state index contributed by atoms with van der Waals surface area (Å²) >= 11 is 0. The molecule has 1 aromatic heterocycles. The quantitative estimate of drug-likeness (QED) is 0.248. The third kappa shape index (κ3) is 7.64. The summed E-state index contributed by atoms with van der Waals surface area (Å²) in [7, 11) is 0. The summed E-state index contributed by atoms with van der Waals surface area (Å²) in [6, 6.07) is 15.9. The molecule has 210 valence electrons. The number of hydrogen-bond acceptors (Lipinski definition) is 9. The molecule has 0 atom stereocenters. The molecule has 10 nitrogen and oxygen atoms in total. The number of nitrogens with zero attached hydrogens (tertiary/aromatic N) is 3. The SMILES string of the molecule is O=C(NO)C1CCN(CCOc2ccc3cc2COC/C=C/COCc2cccc(c2)-c2ccnc(n2)N3)CC1. The number of benzene rings is 2. The van der Waals surface area contributed by atoms with E-state index in [1.54, 1.807) is 11.7 Å². The van der Waals surface area contributed by atoms with Gasteiger partial charge in [-0.15, -0.1) is 0 Å². The van der Waals surface area contributed by atoms with Gasteiger partial charge in [0.05, 0.1) is 32.1 Å². The zero-order valence-electron chi connectivity index (χ0n) is 22.4. The van der Waals surface area contributed by atoms with Crippen molar-refractivity contribution in [3.8, 4) is 17.0 Å². The van der Waals surface area contributed by atoms with E-state index in [4.69, 9.17) is 24.4 Å². The van der Waals surface area contributed by atoms with Crippen LogP contribution in [0, 0.1) is 5.92 Å². The number of piperidine rings is 1. The lowest BCUT2D eigenvalue weighted by atomic mass is 9.96. The van der Waals surface area contributed by atoms with Gasteiger partial charge in [-0.2, -0.15) is 0 Å². The molecule has 40 heavy (non-hydrogen) atoms. The number of ether oxygens (including phenoxy) is 3. The van der Waals surface area contributed by atoms with E-state index in [2.05, 4.69) is 21.3 Å². The third-order valence-electron chi connectivity index (χ3n) is 7.05. The van der Waals surface area contributed by atoms with Gasteiger partial charge in [-0.25, -0.2) is 15.4 Å². The molecule has 0 radical (unpaired) electrons. The van der Waals surface area contributed by atoms with E-state index in [1.165, 1.54) is 0 Å². The van der Waals surface area contributed by atoms with Crippen LogP contribution in [-0.2, 0) is 27.5 Å². The highest BCUT2D eigenvalue weighted by Gasteiger charge is 2.24. The molecule has 10 heteroatoms. The van der Waals surface area contributed by atoms with Crippen LogP contribution in [0.1, 0.15) is 24.0 Å². The first-order valence-electron chi connectivity index (χ1n) is 13.6. The molecule has 1 saturated heterocycles. The normalized spacial score (nSPS) is 17.6. The number of aromatic nitrogens is 2. The summed E-state index contributed by atoms with van der Waals surface area (Å²) in [4.78, 5) is 23.1. The number of carbonyl (C=O) groups is 1. The number of amides is 1. The fraction of sp³-hybridized carbons (Fsp3) is 0.367. The van der Waals surface area contributed by atoms with Crippen LogP contribution >= 0.6 is 0 Å². The van der Waals surface area contributed by atoms with Crippen molar-refractivity contribution in [2.45, 2.75) is 26.1 Å². The van der Waals surface area contributed by atoms with Gasteiger partial charge in [0.25, 0.3) is 0 Å². The minimum atomic E-state index is -0.300. The maximum Gasteiger partial charge on any atom is 0.246 e. The summed E-state index contributed by atoms with van der Waals surface area (Å²) < 4.78 is 17.9. The minimum absolute atomic E-state index is 0.135. The Morgan fingerprint density at radius 3 is 2.73 bits per heavy atom. The van der Waals surface area contributed by atoms with E-state index < -0.39 is 0 Å². The monoisotopic (exact) mass is 545 g/mol. The number of fused-ring (bicyclic) bond motifs is 7. The average molecular weight is 546 g/mol. The second-order valence-electron chi connectivity index (χ2n) is 9.86. The van der Waals surface area contributed by atoms with Gasteiger partial charge in [0.1, 0.15) is 12.4 Å². The number of anilines is 2. The number of likely N-dealkylation sites (tertiary alicyclic amines) is 1. The summed E-state index contributed by atoms with van der Waals surface area (Å²) in [5.74, 6) is 0.825. The van der Waals surface area contributed by atoms with Crippen LogP contribution in [0.3, 0.4) is 0 Å². The van der Waals surface area contributed by atoms with Crippen LogP contribution in [-0.4, -0.2) is 65.4 Å². The van der Waals surface area contributed by atoms with Crippen molar-refractivity contribution in [2.75, 3.05) is 44.8 Å². The smallest absolute Gasteiger partial charge is 0.246 e. The Morgan fingerprint density at radius 2 is 1.90 bits per heavy atom. The molecular formula is C30H35N5O5. The van der Waals surface area contributed by atoms with Gasteiger partial charge in [-0.1, -0.05) is 30.4 Å². The number of carbonyl (C=O) groups excluding carboxylic acids is 1. The lowest BCUT2D eigenvalue weighted by Gasteiger charge is -2.30. The van der Waals surface area contributed by atoms with Gasteiger partial charge < -0.3 is 19.5 Å². The topological polar surface area (TPSA) is 118 Å². The Kier molecular flexibility index (Phi) is 9.70. The van der Waals surface area contributed by atoms with E-state index >= 15 is 0 Å². The molecular weight excluding hydrogens is 510 g/mol. The number of hydrogen-bond donors (Lipinski definition) is 3. The standard InChI is InChI=1S/C30H35N5O5/c36-29(34-37)23-9-12-35(13-10-23)14-17-40-28-7-6-26-19-25(28)21-39-16-2-1-15-38-20-22-4-3-5-24(18-22)27-8-11-31-30(32-26)33-27/h1-8,11,18-19,23,37H,9-10,12-17,20-21H2,(H,34,36)(H,31,32,33)/b2-1+. The lowest BCUT2D eigenvalue weighted by molar-refractivity contribution is -0.134. The summed E-state index contributed by atoms with van der Waals surface area (Å²) in [5, 5.41) is 12.2. The fourth-order valence-corrected chi connectivity index (χ4v) is 4.85. The van der Waals surface area contributed by atoms with Crippen LogP contribution in [0.4, 0.5) is 11.6 Å². The van der Waals surface area contributed by atoms with E-state index in [-0.39, 0.29) is 11.8 Å². The van der Waals surface area contributed by atoms with E-state index in [1.807, 2.05) is 54.6 Å². The van der Waals surface area contributed by atoms with Crippen molar-refractivity contribution in [3.63, 3.8) is 0 Å².